The molecule has 0 spiro atoms. The number of benzene rings is 3. The second-order valence-corrected chi connectivity index (χ2v) is 7.53. The Bertz CT molecular complexity index is 1510. The van der Waals surface area contributed by atoms with Crippen LogP contribution in [0.25, 0.3) is 21.9 Å². The van der Waals surface area contributed by atoms with Crippen LogP contribution >= 0.6 is 0 Å². The fraction of sp³-hybridized carbons (Fsp3) is 0.0385. The number of amides is 2. The third kappa shape index (κ3) is 4.52. The second-order valence-electron chi connectivity index (χ2n) is 7.53. The van der Waals surface area contributed by atoms with E-state index in [1.54, 1.807) is 54.6 Å². The van der Waals surface area contributed by atoms with E-state index in [1.165, 1.54) is 6.07 Å². The Morgan fingerprint density at radius 2 is 1.42 bits per heavy atom. The highest BCUT2D eigenvalue weighted by Gasteiger charge is 2.12. The van der Waals surface area contributed by atoms with Gasteiger partial charge in [-0.15, -0.1) is 0 Å². The predicted molar refractivity (Wildman–Crippen MR) is 125 cm³/mol. The molecule has 0 saturated carbocycles. The second kappa shape index (κ2) is 8.47. The van der Waals surface area contributed by atoms with Gasteiger partial charge < -0.3 is 19.5 Å². The number of furan rings is 1. The van der Waals surface area contributed by atoms with Crippen molar-refractivity contribution in [3.8, 4) is 0 Å². The first-order chi connectivity index (χ1) is 16.0. The Morgan fingerprint density at radius 3 is 2.24 bits per heavy atom. The van der Waals surface area contributed by atoms with Crippen LogP contribution in [0.1, 0.15) is 16.1 Å². The number of fused-ring (bicyclic) bond motifs is 2. The van der Waals surface area contributed by atoms with Crippen molar-refractivity contribution in [2.75, 3.05) is 10.6 Å². The van der Waals surface area contributed by atoms with Gasteiger partial charge >= 0.3 is 5.63 Å². The van der Waals surface area contributed by atoms with Crippen molar-refractivity contribution in [1.29, 1.82) is 0 Å². The molecule has 0 unspecified atom stereocenters. The standard InChI is InChI=1S/C26H18N2O5/c29-24(27-20-10-11-22-18(14-20)7-12-25(30)33-22)13-16-5-8-19(9-6-16)28-26(31)23-15-17-3-1-2-4-21(17)32-23/h1-12,14-15H,13H2,(H,27,29)(H,28,31). The molecule has 0 radical (unpaired) electrons. The molecule has 0 bridgehead atoms. The van der Waals surface area contributed by atoms with Gasteiger partial charge in [-0.2, -0.15) is 0 Å². The van der Waals surface area contributed by atoms with Crippen LogP contribution in [-0.2, 0) is 11.2 Å². The minimum absolute atomic E-state index is 0.166. The first-order valence-corrected chi connectivity index (χ1v) is 10.3. The monoisotopic (exact) mass is 438 g/mol. The van der Waals surface area contributed by atoms with E-state index in [1.807, 2.05) is 24.3 Å². The molecule has 0 atom stereocenters. The van der Waals surface area contributed by atoms with E-state index in [-0.39, 0.29) is 24.0 Å². The van der Waals surface area contributed by atoms with Crippen LogP contribution in [0.5, 0.6) is 0 Å². The zero-order valence-corrected chi connectivity index (χ0v) is 17.3. The average Bonchev–Trinajstić information content (AvgIpc) is 3.25. The zero-order valence-electron chi connectivity index (χ0n) is 17.3. The van der Waals surface area contributed by atoms with Crippen molar-refractivity contribution in [3.63, 3.8) is 0 Å². The van der Waals surface area contributed by atoms with Gasteiger partial charge in [0.25, 0.3) is 5.91 Å². The number of carbonyl (C=O) groups excluding carboxylic acids is 2. The Hall–Kier alpha value is -4.65. The summed E-state index contributed by atoms with van der Waals surface area (Å²) in [5.41, 5.74) is 2.69. The number of nitrogens with one attached hydrogen (secondary N) is 2. The lowest BCUT2D eigenvalue weighted by Crippen LogP contribution is -2.14. The molecular formula is C26H18N2O5. The maximum Gasteiger partial charge on any atom is 0.336 e. The topological polar surface area (TPSA) is 102 Å². The smallest absolute Gasteiger partial charge is 0.336 e. The third-order valence-electron chi connectivity index (χ3n) is 5.13. The van der Waals surface area contributed by atoms with Crippen molar-refractivity contribution < 1.29 is 18.4 Å². The Balaban J connectivity index is 1.21. The Labute approximate surface area is 187 Å². The van der Waals surface area contributed by atoms with Crippen molar-refractivity contribution >= 4 is 45.1 Å². The number of hydrogen-bond acceptors (Lipinski definition) is 5. The van der Waals surface area contributed by atoms with Gasteiger partial charge in [0.15, 0.2) is 5.76 Å². The molecule has 2 amide bonds. The number of hydrogen-bond donors (Lipinski definition) is 2. The average molecular weight is 438 g/mol. The zero-order chi connectivity index (χ0) is 22.8. The summed E-state index contributed by atoms with van der Waals surface area (Å²) in [4.78, 5) is 36.2. The fourth-order valence-electron chi connectivity index (χ4n) is 3.53. The van der Waals surface area contributed by atoms with Gasteiger partial charge in [0.05, 0.1) is 6.42 Å². The predicted octanol–water partition coefficient (Wildman–Crippen LogP) is 4.97. The van der Waals surface area contributed by atoms with E-state index in [0.29, 0.717) is 22.5 Å². The molecule has 3 aromatic carbocycles. The van der Waals surface area contributed by atoms with Gasteiger partial charge in [0.1, 0.15) is 11.2 Å². The van der Waals surface area contributed by atoms with Crippen LogP contribution < -0.4 is 16.3 Å². The fourth-order valence-corrected chi connectivity index (χ4v) is 3.53. The van der Waals surface area contributed by atoms with E-state index >= 15 is 0 Å². The van der Waals surface area contributed by atoms with Gasteiger partial charge in [-0.25, -0.2) is 4.79 Å². The normalized spacial score (nSPS) is 10.9. The molecule has 0 aliphatic heterocycles. The molecule has 7 nitrogen and oxygen atoms in total. The van der Waals surface area contributed by atoms with E-state index < -0.39 is 5.63 Å². The minimum atomic E-state index is -0.420. The molecule has 2 N–H and O–H groups in total. The summed E-state index contributed by atoms with van der Waals surface area (Å²) in [6, 6.07) is 24.2. The maximum absolute atomic E-state index is 12.5. The van der Waals surface area contributed by atoms with E-state index in [9.17, 15) is 14.4 Å². The summed E-state index contributed by atoms with van der Waals surface area (Å²) < 4.78 is 10.7. The summed E-state index contributed by atoms with van der Waals surface area (Å²) >= 11 is 0. The number of para-hydroxylation sites is 1. The van der Waals surface area contributed by atoms with E-state index in [0.717, 1.165) is 16.3 Å². The summed E-state index contributed by atoms with van der Waals surface area (Å²) in [6.07, 6.45) is 0.166. The van der Waals surface area contributed by atoms with Crippen molar-refractivity contribution in [1.82, 2.24) is 0 Å². The molecule has 0 saturated heterocycles. The molecule has 33 heavy (non-hydrogen) atoms. The number of carbonyl (C=O) groups is 2. The van der Waals surface area contributed by atoms with Crippen molar-refractivity contribution in [3.05, 3.63) is 107 Å². The number of rotatable bonds is 5. The third-order valence-corrected chi connectivity index (χ3v) is 5.13. The van der Waals surface area contributed by atoms with Crippen LogP contribution in [0.2, 0.25) is 0 Å². The van der Waals surface area contributed by atoms with Crippen LogP contribution in [0.3, 0.4) is 0 Å². The lowest BCUT2D eigenvalue weighted by atomic mass is 10.1. The Morgan fingerprint density at radius 1 is 0.697 bits per heavy atom. The summed E-state index contributed by atoms with van der Waals surface area (Å²) in [6.45, 7) is 0. The lowest BCUT2D eigenvalue weighted by molar-refractivity contribution is -0.115. The van der Waals surface area contributed by atoms with Crippen molar-refractivity contribution in [2.45, 2.75) is 6.42 Å². The molecule has 0 aliphatic carbocycles. The SMILES string of the molecule is O=C(Cc1ccc(NC(=O)c2cc3ccccc3o2)cc1)Nc1ccc2oc(=O)ccc2c1. The Kier molecular flexibility index (Phi) is 5.20. The first kappa shape index (κ1) is 20.3. The van der Waals surface area contributed by atoms with E-state index in [2.05, 4.69) is 10.6 Å². The lowest BCUT2D eigenvalue weighted by Gasteiger charge is -2.08. The number of anilines is 2. The maximum atomic E-state index is 12.5. The highest BCUT2D eigenvalue weighted by atomic mass is 16.4. The van der Waals surface area contributed by atoms with Crippen LogP contribution in [0.4, 0.5) is 11.4 Å². The van der Waals surface area contributed by atoms with Gasteiger partial charge in [-0.3, -0.25) is 9.59 Å². The molecule has 2 heterocycles. The molecule has 162 valence electrons. The molecule has 2 aromatic heterocycles. The van der Waals surface area contributed by atoms with E-state index in [4.69, 9.17) is 8.83 Å². The van der Waals surface area contributed by atoms with Crippen LogP contribution in [0, 0.1) is 0 Å². The molecular weight excluding hydrogens is 420 g/mol. The van der Waals surface area contributed by atoms with Gasteiger partial charge in [-0.05, 0) is 54.1 Å². The molecule has 5 rings (SSSR count). The summed E-state index contributed by atoms with van der Waals surface area (Å²) in [5.74, 6) is -0.302. The van der Waals surface area contributed by atoms with Crippen LogP contribution in [0.15, 0.2) is 98.6 Å². The molecule has 0 aliphatic rings. The van der Waals surface area contributed by atoms with Gasteiger partial charge in [-0.1, -0.05) is 30.3 Å². The minimum Gasteiger partial charge on any atom is -0.451 e. The summed E-state index contributed by atoms with van der Waals surface area (Å²) in [7, 11) is 0. The van der Waals surface area contributed by atoms with Gasteiger partial charge in [0.2, 0.25) is 5.91 Å². The van der Waals surface area contributed by atoms with Crippen molar-refractivity contribution in [2.24, 2.45) is 0 Å². The van der Waals surface area contributed by atoms with Crippen LogP contribution in [-0.4, -0.2) is 11.8 Å². The molecule has 0 fully saturated rings. The first-order valence-electron chi connectivity index (χ1n) is 10.3. The highest BCUT2D eigenvalue weighted by molar-refractivity contribution is 6.04. The largest absolute Gasteiger partial charge is 0.451 e. The highest BCUT2D eigenvalue weighted by Crippen LogP contribution is 2.21. The molecule has 7 heteroatoms. The molecule has 5 aromatic rings. The quantitative estimate of drug-likeness (QED) is 0.377. The summed E-state index contributed by atoms with van der Waals surface area (Å²) in [5, 5.41) is 7.21. The van der Waals surface area contributed by atoms with Gasteiger partial charge in [0, 0.05) is 28.2 Å².